The Labute approximate surface area is 211 Å². The van der Waals surface area contributed by atoms with Gasteiger partial charge in [-0.15, -0.1) is 0 Å². The third-order valence-electron chi connectivity index (χ3n) is 8.42. The van der Waals surface area contributed by atoms with Crippen molar-refractivity contribution in [3.05, 3.63) is 77.0 Å². The lowest BCUT2D eigenvalue weighted by Gasteiger charge is -2.52. The molecule has 0 unspecified atom stereocenters. The Morgan fingerprint density at radius 3 is 2.44 bits per heavy atom. The van der Waals surface area contributed by atoms with Gasteiger partial charge in [-0.25, -0.2) is 4.79 Å². The number of para-hydroxylation sites is 1. The van der Waals surface area contributed by atoms with Crippen molar-refractivity contribution in [2.75, 3.05) is 26.1 Å². The zero-order valence-corrected chi connectivity index (χ0v) is 21.0. The van der Waals surface area contributed by atoms with E-state index in [0.717, 1.165) is 35.5 Å². The minimum atomic E-state index is -0.967. The Bertz CT molecular complexity index is 1240. The number of ether oxygens (including phenoxy) is 2. The molecule has 1 spiro atoms. The van der Waals surface area contributed by atoms with Crippen molar-refractivity contribution in [1.82, 2.24) is 4.90 Å². The number of methoxy groups -OCH3 is 2. The Morgan fingerprint density at radius 2 is 1.75 bits per heavy atom. The fourth-order valence-electron chi connectivity index (χ4n) is 6.90. The van der Waals surface area contributed by atoms with E-state index in [4.69, 9.17) is 9.47 Å². The topological polar surface area (TPSA) is 84.9 Å². The first-order chi connectivity index (χ1) is 17.4. The maximum absolute atomic E-state index is 13.7. The summed E-state index contributed by atoms with van der Waals surface area (Å²) in [5.74, 6) is -0.828. The molecule has 1 fully saturated rings. The quantitative estimate of drug-likeness (QED) is 0.590. The molecule has 2 heterocycles. The van der Waals surface area contributed by atoms with Gasteiger partial charge in [0.2, 0.25) is 0 Å². The number of hydrogen-bond donors (Lipinski definition) is 1. The minimum absolute atomic E-state index is 0.0272. The lowest BCUT2D eigenvalue weighted by atomic mass is 9.54. The van der Waals surface area contributed by atoms with E-state index in [0.29, 0.717) is 18.5 Å². The average Bonchev–Trinajstić information content (AvgIpc) is 3.45. The SMILES string of the molecule is COC(=O)CC[C@@]1(C(C)=O)CC(C(=O)OC)=C2Nc3ccccc3[C@]23CCN(Cc2ccccc2)[C@H]13. The van der Waals surface area contributed by atoms with Gasteiger partial charge in [-0.05, 0) is 43.4 Å². The van der Waals surface area contributed by atoms with Crippen LogP contribution in [0.4, 0.5) is 5.69 Å². The molecule has 36 heavy (non-hydrogen) atoms. The van der Waals surface area contributed by atoms with Crippen LogP contribution >= 0.6 is 0 Å². The van der Waals surface area contributed by atoms with Gasteiger partial charge in [0.25, 0.3) is 0 Å². The van der Waals surface area contributed by atoms with Crippen LogP contribution in [0.3, 0.4) is 0 Å². The van der Waals surface area contributed by atoms with Crippen molar-refractivity contribution in [1.29, 1.82) is 0 Å². The number of rotatable bonds is 7. The Morgan fingerprint density at radius 1 is 1.03 bits per heavy atom. The van der Waals surface area contributed by atoms with Crippen LogP contribution in [0.15, 0.2) is 65.9 Å². The van der Waals surface area contributed by atoms with Crippen molar-refractivity contribution in [3.63, 3.8) is 0 Å². The lowest BCUT2D eigenvalue weighted by molar-refractivity contribution is -0.143. The number of anilines is 1. The van der Waals surface area contributed by atoms with Crippen molar-refractivity contribution in [2.45, 2.75) is 50.6 Å². The van der Waals surface area contributed by atoms with E-state index in [9.17, 15) is 14.4 Å². The monoisotopic (exact) mass is 488 g/mol. The van der Waals surface area contributed by atoms with Crippen LogP contribution in [0.5, 0.6) is 0 Å². The van der Waals surface area contributed by atoms with Crippen LogP contribution in [0.25, 0.3) is 0 Å². The molecule has 0 saturated carbocycles. The molecule has 0 aromatic heterocycles. The number of carbonyl (C=O) groups is 3. The third kappa shape index (κ3) is 3.56. The number of nitrogens with zero attached hydrogens (tertiary/aromatic N) is 1. The molecule has 2 aliphatic heterocycles. The molecular formula is C29H32N2O5. The van der Waals surface area contributed by atoms with Gasteiger partial charge in [0.15, 0.2) is 0 Å². The first kappa shape index (κ1) is 24.3. The van der Waals surface area contributed by atoms with E-state index in [-0.39, 0.29) is 30.6 Å². The van der Waals surface area contributed by atoms with E-state index in [1.54, 1.807) is 6.92 Å². The van der Waals surface area contributed by atoms with Crippen LogP contribution in [0, 0.1) is 5.41 Å². The van der Waals surface area contributed by atoms with Gasteiger partial charge in [0.1, 0.15) is 5.78 Å². The number of ketones is 1. The molecular weight excluding hydrogens is 456 g/mol. The van der Waals surface area contributed by atoms with E-state index in [2.05, 4.69) is 28.4 Å². The number of carbonyl (C=O) groups excluding carboxylic acids is 3. The Hall–Kier alpha value is -3.45. The highest BCUT2D eigenvalue weighted by atomic mass is 16.5. The van der Waals surface area contributed by atoms with E-state index in [1.807, 2.05) is 36.4 Å². The summed E-state index contributed by atoms with van der Waals surface area (Å²) in [4.78, 5) is 41.6. The number of benzene rings is 2. The molecule has 1 aliphatic carbocycles. The molecule has 1 N–H and O–H groups in total. The predicted octanol–water partition coefficient (Wildman–Crippen LogP) is 3.98. The summed E-state index contributed by atoms with van der Waals surface area (Å²) in [6.45, 7) is 3.02. The second-order valence-corrected chi connectivity index (χ2v) is 10.1. The highest BCUT2D eigenvalue weighted by Gasteiger charge is 2.67. The van der Waals surface area contributed by atoms with Gasteiger partial charge in [-0.2, -0.15) is 0 Å². The van der Waals surface area contributed by atoms with Crippen LogP contribution in [-0.2, 0) is 35.8 Å². The molecule has 2 aromatic carbocycles. The van der Waals surface area contributed by atoms with Crippen LogP contribution in [-0.4, -0.2) is 49.4 Å². The van der Waals surface area contributed by atoms with Gasteiger partial charge < -0.3 is 14.8 Å². The summed E-state index contributed by atoms with van der Waals surface area (Å²) in [7, 11) is 2.73. The standard InChI is InChI=1S/C29H32N2O5/c1-19(32)28(14-13-24(33)35-2)17-21(26(34)36-3)25-29(22-11-7-8-12-23(22)30-25)15-16-31(27(28)29)18-20-9-5-4-6-10-20/h4-12,27,30H,13-18H2,1-3H3/t27-,28+,29-/m1/s1. The second kappa shape index (κ2) is 9.21. The first-order valence-corrected chi connectivity index (χ1v) is 12.4. The predicted molar refractivity (Wildman–Crippen MR) is 135 cm³/mol. The minimum Gasteiger partial charge on any atom is -0.469 e. The molecule has 188 valence electrons. The molecule has 5 rings (SSSR count). The van der Waals surface area contributed by atoms with Gasteiger partial charge in [0, 0.05) is 36.9 Å². The number of nitrogens with one attached hydrogen (secondary N) is 1. The maximum atomic E-state index is 13.7. The number of esters is 2. The van der Waals surface area contributed by atoms with Crippen molar-refractivity contribution < 1.29 is 23.9 Å². The molecule has 0 amide bonds. The Balaban J connectivity index is 1.74. The fraction of sp³-hybridized carbons (Fsp3) is 0.414. The summed E-state index contributed by atoms with van der Waals surface area (Å²) < 4.78 is 10.2. The summed E-state index contributed by atoms with van der Waals surface area (Å²) in [6.07, 6.45) is 1.35. The highest BCUT2D eigenvalue weighted by molar-refractivity contribution is 5.96. The van der Waals surface area contributed by atoms with Gasteiger partial charge >= 0.3 is 11.9 Å². The summed E-state index contributed by atoms with van der Waals surface area (Å²) in [5.41, 5.74) is 2.97. The molecule has 7 nitrogen and oxygen atoms in total. The normalized spacial score (nSPS) is 26.5. The van der Waals surface area contributed by atoms with E-state index in [1.165, 1.54) is 14.2 Å². The largest absolute Gasteiger partial charge is 0.469 e. The summed E-state index contributed by atoms with van der Waals surface area (Å²) in [6, 6.07) is 18.1. The number of hydrogen-bond acceptors (Lipinski definition) is 7. The van der Waals surface area contributed by atoms with E-state index >= 15 is 0 Å². The average molecular weight is 489 g/mol. The highest BCUT2D eigenvalue weighted by Crippen LogP contribution is 2.63. The molecule has 1 saturated heterocycles. The van der Waals surface area contributed by atoms with Crippen molar-refractivity contribution in [3.8, 4) is 0 Å². The molecule has 3 atom stereocenters. The number of fused-ring (bicyclic) bond motifs is 1. The zero-order chi connectivity index (χ0) is 25.5. The van der Waals surface area contributed by atoms with Crippen molar-refractivity contribution >= 4 is 23.4 Å². The molecule has 2 aromatic rings. The van der Waals surface area contributed by atoms with Crippen LogP contribution in [0.2, 0.25) is 0 Å². The molecule has 0 radical (unpaired) electrons. The Kier molecular flexibility index (Phi) is 6.20. The van der Waals surface area contributed by atoms with Gasteiger partial charge in [-0.1, -0.05) is 48.5 Å². The first-order valence-electron chi connectivity index (χ1n) is 12.4. The van der Waals surface area contributed by atoms with Crippen LogP contribution < -0.4 is 5.32 Å². The van der Waals surface area contributed by atoms with E-state index < -0.39 is 16.8 Å². The zero-order valence-electron chi connectivity index (χ0n) is 21.0. The molecule has 0 bridgehead atoms. The van der Waals surface area contributed by atoms with Crippen molar-refractivity contribution in [2.24, 2.45) is 5.41 Å². The van der Waals surface area contributed by atoms with Gasteiger partial charge in [0.05, 0.1) is 30.6 Å². The summed E-state index contributed by atoms with van der Waals surface area (Å²) >= 11 is 0. The number of likely N-dealkylation sites (tertiary alicyclic amines) is 1. The van der Waals surface area contributed by atoms with Crippen LogP contribution in [0.1, 0.15) is 43.7 Å². The number of Topliss-reactive ketones (excluding diaryl/α,β-unsaturated/α-hetero) is 1. The summed E-state index contributed by atoms with van der Waals surface area (Å²) in [5, 5.41) is 3.55. The third-order valence-corrected chi connectivity index (χ3v) is 8.42. The maximum Gasteiger partial charge on any atom is 0.335 e. The lowest BCUT2D eigenvalue weighted by Crippen LogP contribution is -2.60. The molecule has 7 heteroatoms. The fourth-order valence-corrected chi connectivity index (χ4v) is 6.90. The molecule has 3 aliphatic rings. The van der Waals surface area contributed by atoms with Gasteiger partial charge in [-0.3, -0.25) is 14.5 Å². The second-order valence-electron chi connectivity index (χ2n) is 10.1. The smallest absolute Gasteiger partial charge is 0.335 e.